The third-order valence-electron chi connectivity index (χ3n) is 6.16. The smallest absolute Gasteiger partial charge is 0.246 e. The summed E-state index contributed by atoms with van der Waals surface area (Å²) in [6.07, 6.45) is 7.08. The number of anilines is 1. The summed E-state index contributed by atoms with van der Waals surface area (Å²) in [6.45, 7) is 7.60. The van der Waals surface area contributed by atoms with Gasteiger partial charge in [0.15, 0.2) is 0 Å². The number of ether oxygens (including phenoxy) is 1. The maximum absolute atomic E-state index is 12.8. The second-order valence-corrected chi connectivity index (χ2v) is 8.77. The van der Waals surface area contributed by atoms with Crippen LogP contribution in [-0.4, -0.2) is 73.0 Å². The molecule has 1 saturated heterocycles. The molecular formula is C26H37N5O2. The Kier molecular flexibility index (Phi) is 8.86. The van der Waals surface area contributed by atoms with Crippen molar-refractivity contribution in [3.8, 4) is 5.75 Å². The number of piperazine rings is 1. The monoisotopic (exact) mass is 451 g/mol. The van der Waals surface area contributed by atoms with Gasteiger partial charge in [-0.1, -0.05) is 25.5 Å². The van der Waals surface area contributed by atoms with Gasteiger partial charge in [0.25, 0.3) is 0 Å². The number of aromatic nitrogens is 1. The number of nitrogen functional groups attached to an aromatic ring is 1. The predicted octanol–water partition coefficient (Wildman–Crippen LogP) is 3.04. The SMILES string of the molecule is CCCc1c(CN(C)C(=O)/C=C/c2cnc(N)c(CN3CCN(C)CC3)c2)cccc1OC. The zero-order valence-corrected chi connectivity index (χ0v) is 20.4. The van der Waals surface area contributed by atoms with Gasteiger partial charge in [0.2, 0.25) is 5.91 Å². The van der Waals surface area contributed by atoms with Gasteiger partial charge < -0.3 is 20.3 Å². The van der Waals surface area contributed by atoms with E-state index in [4.69, 9.17) is 10.5 Å². The number of hydrogen-bond donors (Lipinski definition) is 1. The number of benzene rings is 1. The van der Waals surface area contributed by atoms with Crippen molar-refractivity contribution >= 4 is 17.8 Å². The Labute approximate surface area is 197 Å². The maximum atomic E-state index is 12.8. The highest BCUT2D eigenvalue weighted by Gasteiger charge is 2.16. The fourth-order valence-corrected chi connectivity index (χ4v) is 4.12. The van der Waals surface area contributed by atoms with Crippen LogP contribution >= 0.6 is 0 Å². The largest absolute Gasteiger partial charge is 0.496 e. The van der Waals surface area contributed by atoms with E-state index in [1.54, 1.807) is 24.3 Å². The Bertz CT molecular complexity index is 967. The lowest BCUT2D eigenvalue weighted by molar-refractivity contribution is -0.125. The summed E-state index contributed by atoms with van der Waals surface area (Å²) in [6, 6.07) is 8.05. The van der Waals surface area contributed by atoms with Gasteiger partial charge in [-0.2, -0.15) is 0 Å². The molecule has 2 aromatic rings. The van der Waals surface area contributed by atoms with Crippen LogP contribution in [0.1, 0.15) is 35.6 Å². The molecular weight excluding hydrogens is 414 g/mol. The van der Waals surface area contributed by atoms with Crippen molar-refractivity contribution in [3.05, 3.63) is 58.8 Å². The first-order chi connectivity index (χ1) is 15.9. The summed E-state index contributed by atoms with van der Waals surface area (Å²) < 4.78 is 5.53. The molecule has 0 spiro atoms. The van der Waals surface area contributed by atoms with E-state index in [2.05, 4.69) is 34.8 Å². The molecule has 0 bridgehead atoms. The lowest BCUT2D eigenvalue weighted by Crippen LogP contribution is -2.44. The highest BCUT2D eigenvalue weighted by atomic mass is 16.5. The van der Waals surface area contributed by atoms with Gasteiger partial charge in [-0.25, -0.2) is 4.98 Å². The Morgan fingerprint density at radius 1 is 1.24 bits per heavy atom. The molecule has 7 heteroatoms. The van der Waals surface area contributed by atoms with Crippen molar-refractivity contribution in [1.82, 2.24) is 19.7 Å². The molecule has 0 atom stereocenters. The number of methoxy groups -OCH3 is 1. The predicted molar refractivity (Wildman–Crippen MR) is 134 cm³/mol. The number of nitrogens with zero attached hydrogens (tertiary/aromatic N) is 4. The quantitative estimate of drug-likeness (QED) is 0.591. The third kappa shape index (κ3) is 6.79. The highest BCUT2D eigenvalue weighted by molar-refractivity contribution is 5.91. The number of amides is 1. The lowest BCUT2D eigenvalue weighted by Gasteiger charge is -2.32. The van der Waals surface area contributed by atoms with E-state index < -0.39 is 0 Å². The Morgan fingerprint density at radius 3 is 2.70 bits per heavy atom. The summed E-state index contributed by atoms with van der Waals surface area (Å²) in [7, 11) is 5.65. The van der Waals surface area contributed by atoms with E-state index in [1.165, 1.54) is 5.56 Å². The number of carbonyl (C=O) groups is 1. The lowest BCUT2D eigenvalue weighted by atomic mass is 10.0. The molecule has 0 radical (unpaired) electrons. The molecule has 1 aromatic carbocycles. The second kappa shape index (κ2) is 11.8. The Balaban J connectivity index is 1.65. The molecule has 0 aliphatic carbocycles. The van der Waals surface area contributed by atoms with Crippen molar-refractivity contribution < 1.29 is 9.53 Å². The number of nitrogens with two attached hydrogens (primary N) is 1. The van der Waals surface area contributed by atoms with Crippen LogP contribution in [0.4, 0.5) is 5.82 Å². The van der Waals surface area contributed by atoms with E-state index in [1.807, 2.05) is 31.3 Å². The number of likely N-dealkylation sites (N-methyl/N-ethyl adjacent to an activating group) is 2. The second-order valence-electron chi connectivity index (χ2n) is 8.77. The molecule has 1 aliphatic rings. The molecule has 1 fully saturated rings. The standard InChI is InChI=1S/C26H37N5O2/c1-5-7-23-21(8-6-9-24(23)33-4)18-30(3)25(32)11-10-20-16-22(26(27)28-17-20)19-31-14-12-29(2)13-15-31/h6,8-11,16-17H,5,7,12-15,18-19H2,1-4H3,(H2,27,28)/b11-10+. The first kappa shape index (κ1) is 24.7. The minimum atomic E-state index is -0.0577. The van der Waals surface area contributed by atoms with Gasteiger partial charge in [-0.05, 0) is 48.4 Å². The van der Waals surface area contributed by atoms with Gasteiger partial charge in [0, 0.05) is 64.2 Å². The molecule has 0 unspecified atom stereocenters. The molecule has 1 amide bonds. The Morgan fingerprint density at radius 2 is 2.00 bits per heavy atom. The normalized spacial score (nSPS) is 15.2. The van der Waals surface area contributed by atoms with Gasteiger partial charge in [-0.15, -0.1) is 0 Å². The third-order valence-corrected chi connectivity index (χ3v) is 6.16. The van der Waals surface area contributed by atoms with Crippen LogP contribution in [0.15, 0.2) is 36.5 Å². The molecule has 2 N–H and O–H groups in total. The molecule has 1 aromatic heterocycles. The first-order valence-electron chi connectivity index (χ1n) is 11.6. The molecule has 33 heavy (non-hydrogen) atoms. The number of hydrogen-bond acceptors (Lipinski definition) is 6. The molecule has 178 valence electrons. The molecule has 3 rings (SSSR count). The first-order valence-corrected chi connectivity index (χ1v) is 11.6. The number of carbonyl (C=O) groups excluding carboxylic acids is 1. The van der Waals surface area contributed by atoms with Crippen molar-refractivity contribution in [2.45, 2.75) is 32.9 Å². The zero-order chi connectivity index (χ0) is 23.8. The van der Waals surface area contributed by atoms with E-state index in [9.17, 15) is 4.79 Å². The van der Waals surface area contributed by atoms with Crippen molar-refractivity contribution in [2.75, 3.05) is 53.1 Å². The summed E-state index contributed by atoms with van der Waals surface area (Å²) in [5.41, 5.74) is 10.3. The van der Waals surface area contributed by atoms with Crippen LogP contribution in [0.3, 0.4) is 0 Å². The van der Waals surface area contributed by atoms with E-state index in [0.29, 0.717) is 12.4 Å². The van der Waals surface area contributed by atoms with Crippen LogP contribution in [-0.2, 0) is 24.3 Å². The van der Waals surface area contributed by atoms with E-state index in [-0.39, 0.29) is 5.91 Å². The fourth-order valence-electron chi connectivity index (χ4n) is 4.12. The van der Waals surface area contributed by atoms with Gasteiger partial charge in [-0.3, -0.25) is 9.69 Å². The Hall–Kier alpha value is -2.90. The summed E-state index contributed by atoms with van der Waals surface area (Å²) in [5, 5.41) is 0. The molecule has 0 saturated carbocycles. The van der Waals surface area contributed by atoms with Crippen molar-refractivity contribution in [3.63, 3.8) is 0 Å². The van der Waals surface area contributed by atoms with Crippen molar-refractivity contribution in [1.29, 1.82) is 0 Å². The summed E-state index contributed by atoms with van der Waals surface area (Å²) in [5.74, 6) is 1.38. The number of rotatable bonds is 9. The fraction of sp³-hybridized carbons (Fsp3) is 0.462. The van der Waals surface area contributed by atoms with Gasteiger partial charge in [0.1, 0.15) is 11.6 Å². The topological polar surface area (TPSA) is 74.9 Å². The van der Waals surface area contributed by atoms with Gasteiger partial charge >= 0.3 is 0 Å². The average molecular weight is 452 g/mol. The van der Waals surface area contributed by atoms with Crippen LogP contribution in [0.25, 0.3) is 6.08 Å². The van der Waals surface area contributed by atoms with E-state index >= 15 is 0 Å². The molecule has 2 heterocycles. The van der Waals surface area contributed by atoms with Crippen molar-refractivity contribution in [2.24, 2.45) is 0 Å². The minimum absolute atomic E-state index is 0.0577. The maximum Gasteiger partial charge on any atom is 0.246 e. The van der Waals surface area contributed by atoms with Crippen LogP contribution < -0.4 is 10.5 Å². The molecule has 1 aliphatic heterocycles. The number of pyridine rings is 1. The van der Waals surface area contributed by atoms with Gasteiger partial charge in [0.05, 0.1) is 7.11 Å². The van der Waals surface area contributed by atoms with Crippen LogP contribution in [0.5, 0.6) is 5.75 Å². The van der Waals surface area contributed by atoms with Crippen LogP contribution in [0.2, 0.25) is 0 Å². The molecule has 7 nitrogen and oxygen atoms in total. The minimum Gasteiger partial charge on any atom is -0.496 e. The highest BCUT2D eigenvalue weighted by Crippen LogP contribution is 2.25. The van der Waals surface area contributed by atoms with Crippen LogP contribution in [0, 0.1) is 0 Å². The van der Waals surface area contributed by atoms with E-state index in [0.717, 1.165) is 68.0 Å². The summed E-state index contributed by atoms with van der Waals surface area (Å²) in [4.78, 5) is 23.6. The average Bonchev–Trinajstić information content (AvgIpc) is 2.81. The zero-order valence-electron chi connectivity index (χ0n) is 20.4. The summed E-state index contributed by atoms with van der Waals surface area (Å²) >= 11 is 0.